The number of hydrogen-bond acceptors (Lipinski definition) is 4. The molecule has 0 bridgehead atoms. The summed E-state index contributed by atoms with van der Waals surface area (Å²) in [4.78, 5) is 4.79. The van der Waals surface area contributed by atoms with E-state index in [2.05, 4.69) is 333 Å². The second-order valence-electron chi connectivity index (χ2n) is 21.4. The number of nitrogens with zero attached hydrogens (tertiary/aromatic N) is 4. The van der Waals surface area contributed by atoms with Crippen LogP contribution in [0.2, 0.25) is 0 Å². The van der Waals surface area contributed by atoms with E-state index in [4.69, 9.17) is 0 Å². The maximum Gasteiger partial charge on any atom is 0.0804 e. The molecule has 0 amide bonds. The first kappa shape index (κ1) is 49.3. The molecule has 0 N–H and O–H groups in total. The van der Waals surface area contributed by atoms with Crippen LogP contribution in [-0.2, 0) is 0 Å². The highest BCUT2D eigenvalue weighted by atomic mass is 32.1. The van der Waals surface area contributed by atoms with Gasteiger partial charge in [-0.2, -0.15) is 0 Å². The molecule has 0 aliphatic rings. The standard InChI is InChI=1S/C78H52N4S2/c1-5-17-53(18-6-1)57-25-13-29-67(45-57)79(68-30-14-26-58(46-68)54-19-7-2-8-20-54)63-33-37-65(38-34-63)81-73-49-61-41-43-83-75(61)51-71(73)78-77(81)72-52-76-62(42-44-84-76)50-74(72)82(78)66-39-35-64(36-40-66)80(69-31-15-27-59(47-69)55-21-9-3-10-22-55)70-32-16-28-60(48-70)56-23-11-4-12-24-56/h1-52H. The molecule has 0 atom stereocenters. The lowest BCUT2D eigenvalue weighted by atomic mass is 10.0. The van der Waals surface area contributed by atoms with Crippen LogP contribution in [0.1, 0.15) is 0 Å². The summed E-state index contributed by atoms with van der Waals surface area (Å²) in [5, 5.41) is 9.33. The largest absolute Gasteiger partial charge is 0.310 e. The molecule has 0 aliphatic heterocycles. The van der Waals surface area contributed by atoms with Crippen molar-refractivity contribution in [1.29, 1.82) is 0 Å². The van der Waals surface area contributed by atoms with Gasteiger partial charge in [-0.05, 0) is 200 Å². The topological polar surface area (TPSA) is 16.3 Å². The Kier molecular flexibility index (Phi) is 12.2. The predicted octanol–water partition coefficient (Wildman–Crippen LogP) is 22.8. The fourth-order valence-electron chi connectivity index (χ4n) is 12.4. The highest BCUT2D eigenvalue weighted by Gasteiger charge is 2.25. The van der Waals surface area contributed by atoms with Gasteiger partial charge in [-0.25, -0.2) is 0 Å². The van der Waals surface area contributed by atoms with Crippen LogP contribution in [0.15, 0.2) is 314 Å². The normalized spacial score (nSPS) is 11.6. The second-order valence-corrected chi connectivity index (χ2v) is 23.3. The summed E-state index contributed by atoms with van der Waals surface area (Å²) in [5.41, 5.74) is 22.8. The zero-order chi connectivity index (χ0) is 55.5. The van der Waals surface area contributed by atoms with E-state index in [1.807, 2.05) is 0 Å². The number of aromatic nitrogens is 2. The Hall–Kier alpha value is -10.5. The Bertz CT molecular complexity index is 4570. The summed E-state index contributed by atoms with van der Waals surface area (Å²) >= 11 is 3.60. The number of fused-ring (bicyclic) bond motifs is 7. The van der Waals surface area contributed by atoms with Crippen molar-refractivity contribution in [3.63, 3.8) is 0 Å². The lowest BCUT2D eigenvalue weighted by Gasteiger charge is -2.27. The molecule has 16 rings (SSSR count). The first-order valence-electron chi connectivity index (χ1n) is 28.4. The van der Waals surface area contributed by atoms with Gasteiger partial charge in [0.25, 0.3) is 0 Å². The van der Waals surface area contributed by atoms with Gasteiger partial charge in [0.15, 0.2) is 0 Å². The van der Waals surface area contributed by atoms with Crippen molar-refractivity contribution in [2.75, 3.05) is 9.80 Å². The van der Waals surface area contributed by atoms with Gasteiger partial charge in [0.2, 0.25) is 0 Å². The van der Waals surface area contributed by atoms with Gasteiger partial charge in [0, 0.05) is 65.7 Å². The van der Waals surface area contributed by atoms with Crippen molar-refractivity contribution < 1.29 is 0 Å². The minimum absolute atomic E-state index is 1.07. The average molecular weight is 1110 g/mol. The fourth-order valence-corrected chi connectivity index (χ4v) is 14.1. The van der Waals surface area contributed by atoms with E-state index in [0.717, 1.165) is 45.5 Å². The summed E-state index contributed by atoms with van der Waals surface area (Å²) in [5.74, 6) is 0. The van der Waals surface area contributed by atoms with Gasteiger partial charge in [0.05, 0.1) is 22.1 Å². The molecule has 12 aromatic carbocycles. The molecule has 0 aliphatic carbocycles. The maximum absolute atomic E-state index is 2.52. The lowest BCUT2D eigenvalue weighted by molar-refractivity contribution is 1.17. The first-order chi connectivity index (χ1) is 41.6. The van der Waals surface area contributed by atoms with E-state index >= 15 is 0 Å². The van der Waals surface area contributed by atoms with Crippen LogP contribution in [0, 0.1) is 0 Å². The Morgan fingerprint density at radius 2 is 0.536 bits per heavy atom. The Morgan fingerprint density at radius 3 is 0.845 bits per heavy atom. The highest BCUT2D eigenvalue weighted by molar-refractivity contribution is 7.17. The summed E-state index contributed by atoms with van der Waals surface area (Å²) in [6.45, 7) is 0. The van der Waals surface area contributed by atoms with Crippen molar-refractivity contribution >= 4 is 110 Å². The van der Waals surface area contributed by atoms with Gasteiger partial charge >= 0.3 is 0 Å². The number of rotatable bonds is 12. The molecule has 396 valence electrons. The number of hydrogen-bond donors (Lipinski definition) is 0. The van der Waals surface area contributed by atoms with Gasteiger partial charge in [0.1, 0.15) is 0 Å². The molecule has 0 radical (unpaired) electrons. The minimum Gasteiger partial charge on any atom is -0.310 e. The van der Waals surface area contributed by atoms with Crippen molar-refractivity contribution in [2.24, 2.45) is 0 Å². The molecule has 0 saturated carbocycles. The van der Waals surface area contributed by atoms with Crippen molar-refractivity contribution in [1.82, 2.24) is 9.13 Å². The summed E-state index contributed by atoms with van der Waals surface area (Å²) in [6, 6.07) is 111. The molecule has 0 saturated heterocycles. The van der Waals surface area contributed by atoms with E-state index in [0.29, 0.717) is 0 Å². The highest BCUT2D eigenvalue weighted by Crippen LogP contribution is 2.47. The smallest absolute Gasteiger partial charge is 0.0804 e. The van der Waals surface area contributed by atoms with E-state index in [1.54, 1.807) is 22.7 Å². The van der Waals surface area contributed by atoms with Crippen LogP contribution in [-0.4, -0.2) is 9.13 Å². The van der Waals surface area contributed by atoms with Crippen molar-refractivity contribution in [2.45, 2.75) is 0 Å². The van der Waals surface area contributed by atoms with Gasteiger partial charge in [-0.1, -0.05) is 170 Å². The number of anilines is 6. The van der Waals surface area contributed by atoms with Crippen LogP contribution in [0.3, 0.4) is 0 Å². The molecule has 16 aromatic rings. The predicted molar refractivity (Wildman–Crippen MR) is 359 cm³/mol. The van der Waals surface area contributed by atoms with Gasteiger partial charge < -0.3 is 18.9 Å². The minimum atomic E-state index is 1.07. The van der Waals surface area contributed by atoms with Crippen LogP contribution >= 0.6 is 22.7 Å². The van der Waals surface area contributed by atoms with Gasteiger partial charge in [-0.15, -0.1) is 22.7 Å². The molecular formula is C78H52N4S2. The SMILES string of the molecule is c1ccc(-c2cccc(N(c3ccc(-n4c5cc6ccsc6cc5c5c4c4cc6sccc6cc4n5-c4ccc(N(c5cccc(-c6ccccc6)c5)c5cccc(-c6ccccc6)c5)cc4)cc3)c3cccc(-c4ccccc4)c3)c2)cc1. The van der Waals surface area contributed by atoms with E-state index < -0.39 is 0 Å². The third-order valence-electron chi connectivity index (χ3n) is 16.4. The third-order valence-corrected chi connectivity index (χ3v) is 18.1. The summed E-state index contributed by atoms with van der Waals surface area (Å²) in [6.07, 6.45) is 0. The monoisotopic (exact) mass is 1110 g/mol. The second kappa shape index (κ2) is 20.8. The Morgan fingerprint density at radius 1 is 0.238 bits per heavy atom. The zero-order valence-electron chi connectivity index (χ0n) is 45.6. The molecule has 0 spiro atoms. The van der Waals surface area contributed by atoms with Crippen LogP contribution in [0.5, 0.6) is 0 Å². The molecule has 0 fully saturated rings. The fraction of sp³-hybridized carbons (Fsp3) is 0. The molecule has 84 heavy (non-hydrogen) atoms. The Labute approximate surface area is 495 Å². The van der Waals surface area contributed by atoms with E-state index in [-0.39, 0.29) is 0 Å². The van der Waals surface area contributed by atoms with Crippen LogP contribution in [0.4, 0.5) is 34.1 Å². The van der Waals surface area contributed by atoms with Crippen molar-refractivity contribution in [3.05, 3.63) is 314 Å². The summed E-state index contributed by atoms with van der Waals surface area (Å²) in [7, 11) is 0. The van der Waals surface area contributed by atoms with Crippen molar-refractivity contribution in [3.8, 4) is 55.9 Å². The maximum atomic E-state index is 2.52. The molecule has 4 heterocycles. The molecule has 4 aromatic heterocycles. The van der Waals surface area contributed by atoms with Crippen LogP contribution in [0.25, 0.3) is 109 Å². The lowest BCUT2D eigenvalue weighted by Crippen LogP contribution is -2.10. The van der Waals surface area contributed by atoms with E-state index in [9.17, 15) is 0 Å². The zero-order valence-corrected chi connectivity index (χ0v) is 47.3. The van der Waals surface area contributed by atoms with Gasteiger partial charge in [-0.3, -0.25) is 0 Å². The molecule has 6 heteroatoms. The number of benzene rings is 12. The Balaban J connectivity index is 0.871. The quantitative estimate of drug-likeness (QED) is 0.121. The van der Waals surface area contributed by atoms with E-state index in [1.165, 1.54) is 97.5 Å². The third kappa shape index (κ3) is 8.75. The molecule has 0 unspecified atom stereocenters. The molecule has 4 nitrogen and oxygen atoms in total. The van der Waals surface area contributed by atoms with Crippen LogP contribution < -0.4 is 9.80 Å². The summed E-state index contributed by atoms with van der Waals surface area (Å²) < 4.78 is 7.58. The molecular weight excluding hydrogens is 1060 g/mol. The number of thiophene rings is 2. The first-order valence-corrected chi connectivity index (χ1v) is 30.2. The average Bonchev–Trinajstić information content (AvgIpc) is 1.65.